The van der Waals surface area contributed by atoms with Crippen molar-refractivity contribution in [3.05, 3.63) is 94.1 Å². The molecule has 0 atom stereocenters. The van der Waals surface area contributed by atoms with Crippen LogP contribution < -0.4 is 10.1 Å². The van der Waals surface area contributed by atoms with Crippen LogP contribution in [0.3, 0.4) is 0 Å². The fraction of sp³-hybridized carbons (Fsp3) is 0.120. The molecule has 0 aliphatic rings. The summed E-state index contributed by atoms with van der Waals surface area (Å²) in [7, 11) is 1.62. The predicted molar refractivity (Wildman–Crippen MR) is 125 cm³/mol. The van der Waals surface area contributed by atoms with Crippen LogP contribution in [0.2, 0.25) is 5.02 Å². The van der Waals surface area contributed by atoms with Crippen molar-refractivity contribution < 1.29 is 19.4 Å². The lowest BCUT2D eigenvalue weighted by Crippen LogP contribution is -2.12. The zero-order valence-corrected chi connectivity index (χ0v) is 18.1. The van der Waals surface area contributed by atoms with E-state index in [0.717, 1.165) is 27.8 Å². The minimum absolute atomic E-state index is 0.0570. The molecule has 3 aromatic carbocycles. The molecule has 0 aliphatic carbocycles. The summed E-state index contributed by atoms with van der Waals surface area (Å²) in [6, 6.07) is 17.8. The quantitative estimate of drug-likeness (QED) is 0.357. The summed E-state index contributed by atoms with van der Waals surface area (Å²) in [6.07, 6.45) is 2.46. The first kappa shape index (κ1) is 21.5. The number of H-pyrrole nitrogens is 1. The number of ether oxygens (including phenoxy) is 1. The fourth-order valence-electron chi connectivity index (χ4n) is 3.64. The van der Waals surface area contributed by atoms with Crippen molar-refractivity contribution in [2.75, 3.05) is 12.4 Å². The summed E-state index contributed by atoms with van der Waals surface area (Å²) in [5, 5.41) is 13.3. The minimum atomic E-state index is -0.896. The molecule has 0 radical (unpaired) electrons. The molecule has 162 valence electrons. The number of carboxylic acids is 1. The van der Waals surface area contributed by atoms with E-state index in [1.165, 1.54) is 0 Å². The highest BCUT2D eigenvalue weighted by atomic mass is 35.5. The number of benzene rings is 3. The molecule has 1 aromatic heterocycles. The van der Waals surface area contributed by atoms with Gasteiger partial charge in [-0.05, 0) is 59.7 Å². The average Bonchev–Trinajstić information content (AvgIpc) is 3.17. The van der Waals surface area contributed by atoms with Crippen molar-refractivity contribution in [2.24, 2.45) is 0 Å². The third kappa shape index (κ3) is 4.76. The van der Waals surface area contributed by atoms with Gasteiger partial charge in [0.1, 0.15) is 5.75 Å². The Hall–Kier alpha value is -3.77. The van der Waals surface area contributed by atoms with Crippen molar-refractivity contribution >= 4 is 40.1 Å². The van der Waals surface area contributed by atoms with E-state index >= 15 is 0 Å². The largest absolute Gasteiger partial charge is 0.496 e. The molecule has 0 saturated heterocycles. The number of nitrogens with one attached hydrogen (secondary N) is 2. The molecular weight excluding hydrogens is 428 g/mol. The van der Waals surface area contributed by atoms with Crippen LogP contribution in [0.1, 0.15) is 27.0 Å². The van der Waals surface area contributed by atoms with Gasteiger partial charge in [0.15, 0.2) is 0 Å². The lowest BCUT2D eigenvalue weighted by atomic mass is 10.0. The molecule has 0 fully saturated rings. The molecule has 0 spiro atoms. The van der Waals surface area contributed by atoms with Crippen LogP contribution in [0.15, 0.2) is 66.9 Å². The highest BCUT2D eigenvalue weighted by Crippen LogP contribution is 2.29. The number of hydrogen-bond acceptors (Lipinski definition) is 3. The van der Waals surface area contributed by atoms with Crippen molar-refractivity contribution in [1.29, 1.82) is 0 Å². The third-order valence-electron chi connectivity index (χ3n) is 5.22. The molecule has 4 rings (SSSR count). The molecule has 4 aromatic rings. The van der Waals surface area contributed by atoms with Gasteiger partial charge in [-0.25, -0.2) is 0 Å². The lowest BCUT2D eigenvalue weighted by Gasteiger charge is -2.09. The van der Waals surface area contributed by atoms with E-state index in [2.05, 4.69) is 10.3 Å². The smallest absolute Gasteiger partial charge is 0.307 e. The Morgan fingerprint density at radius 1 is 1.03 bits per heavy atom. The maximum absolute atomic E-state index is 12.8. The molecule has 1 heterocycles. The number of halogens is 1. The summed E-state index contributed by atoms with van der Waals surface area (Å²) in [4.78, 5) is 26.9. The second-order valence-corrected chi connectivity index (χ2v) is 7.87. The van der Waals surface area contributed by atoms with Gasteiger partial charge in [-0.3, -0.25) is 9.59 Å². The molecule has 6 nitrogen and oxygen atoms in total. The Morgan fingerprint density at radius 2 is 1.81 bits per heavy atom. The number of anilines is 1. The monoisotopic (exact) mass is 448 g/mol. The van der Waals surface area contributed by atoms with Gasteiger partial charge in [-0.1, -0.05) is 23.7 Å². The van der Waals surface area contributed by atoms with Gasteiger partial charge in [-0.2, -0.15) is 0 Å². The number of carbonyl (C=O) groups is 2. The molecule has 0 unspecified atom stereocenters. The van der Waals surface area contributed by atoms with Crippen LogP contribution in [0.5, 0.6) is 5.75 Å². The molecule has 32 heavy (non-hydrogen) atoms. The molecule has 0 aliphatic heterocycles. The summed E-state index contributed by atoms with van der Waals surface area (Å²) < 4.78 is 5.45. The first-order valence-electron chi connectivity index (χ1n) is 9.97. The number of amides is 1. The minimum Gasteiger partial charge on any atom is -0.496 e. The normalized spacial score (nSPS) is 10.8. The number of aliphatic carboxylic acids is 1. The zero-order valence-electron chi connectivity index (χ0n) is 17.3. The van der Waals surface area contributed by atoms with E-state index in [4.69, 9.17) is 21.4 Å². The van der Waals surface area contributed by atoms with E-state index in [0.29, 0.717) is 28.3 Å². The number of aromatic amines is 1. The van der Waals surface area contributed by atoms with Crippen molar-refractivity contribution in [3.63, 3.8) is 0 Å². The molecule has 0 bridgehead atoms. The fourth-order valence-corrected chi connectivity index (χ4v) is 3.83. The Labute approximate surface area is 189 Å². The van der Waals surface area contributed by atoms with E-state index in [1.54, 1.807) is 43.5 Å². The SMILES string of the molecule is COc1ccc(Cl)cc1Cc1c[nH]c2ccc(C(=O)Nc3ccc(CC(=O)O)cc3)cc12. The first-order chi connectivity index (χ1) is 15.4. The average molecular weight is 449 g/mol. The van der Waals surface area contributed by atoms with Crippen molar-refractivity contribution in [2.45, 2.75) is 12.8 Å². The molecular formula is C25H21ClN2O4. The van der Waals surface area contributed by atoms with Gasteiger partial charge in [0.25, 0.3) is 5.91 Å². The van der Waals surface area contributed by atoms with E-state index in [1.807, 2.05) is 30.5 Å². The van der Waals surface area contributed by atoms with Crippen LogP contribution in [0.25, 0.3) is 10.9 Å². The molecule has 1 amide bonds. The summed E-state index contributed by atoms with van der Waals surface area (Å²) in [6.45, 7) is 0. The van der Waals surface area contributed by atoms with Gasteiger partial charge < -0.3 is 20.1 Å². The predicted octanol–water partition coefficient (Wildman–Crippen LogP) is 5.30. The summed E-state index contributed by atoms with van der Waals surface area (Å²) in [5.41, 5.74) is 4.69. The zero-order chi connectivity index (χ0) is 22.7. The van der Waals surface area contributed by atoms with Crippen LogP contribution in [0, 0.1) is 0 Å². The molecule has 3 N–H and O–H groups in total. The highest BCUT2D eigenvalue weighted by molar-refractivity contribution is 6.30. The number of hydrogen-bond donors (Lipinski definition) is 3. The maximum atomic E-state index is 12.8. The highest BCUT2D eigenvalue weighted by Gasteiger charge is 2.13. The van der Waals surface area contributed by atoms with Crippen LogP contribution >= 0.6 is 11.6 Å². The van der Waals surface area contributed by atoms with Crippen molar-refractivity contribution in [3.8, 4) is 5.75 Å². The molecule has 7 heteroatoms. The van der Waals surface area contributed by atoms with Crippen LogP contribution in [0.4, 0.5) is 5.69 Å². The first-order valence-corrected chi connectivity index (χ1v) is 10.4. The number of carboxylic acid groups (broad SMARTS) is 1. The number of methoxy groups -OCH3 is 1. The number of fused-ring (bicyclic) bond motifs is 1. The Bertz CT molecular complexity index is 1300. The van der Waals surface area contributed by atoms with Gasteiger partial charge in [0.2, 0.25) is 0 Å². The second kappa shape index (κ2) is 9.16. The topological polar surface area (TPSA) is 91.4 Å². The standard InChI is InChI=1S/C25H21ClN2O4/c1-32-23-9-5-19(26)12-17(23)11-18-14-27-22-8-4-16(13-21(18)22)25(31)28-20-6-2-15(3-7-20)10-24(29)30/h2-9,12-14,27H,10-11H2,1H3,(H,28,31)(H,29,30). The molecule has 0 saturated carbocycles. The maximum Gasteiger partial charge on any atom is 0.307 e. The lowest BCUT2D eigenvalue weighted by molar-refractivity contribution is -0.136. The summed E-state index contributed by atoms with van der Waals surface area (Å²) in [5.74, 6) is -0.387. The number of rotatable bonds is 7. The Balaban J connectivity index is 1.56. The van der Waals surface area contributed by atoms with Crippen LogP contribution in [-0.4, -0.2) is 29.1 Å². The van der Waals surface area contributed by atoms with Gasteiger partial charge >= 0.3 is 5.97 Å². The Kier molecular flexibility index (Phi) is 6.14. The number of aromatic nitrogens is 1. The van der Waals surface area contributed by atoms with E-state index in [-0.39, 0.29) is 12.3 Å². The second-order valence-electron chi connectivity index (χ2n) is 7.43. The number of carbonyl (C=O) groups excluding carboxylic acids is 1. The van der Waals surface area contributed by atoms with Crippen LogP contribution in [-0.2, 0) is 17.6 Å². The van der Waals surface area contributed by atoms with Gasteiger partial charge in [-0.15, -0.1) is 0 Å². The third-order valence-corrected chi connectivity index (χ3v) is 5.46. The van der Waals surface area contributed by atoms with Gasteiger partial charge in [0, 0.05) is 45.4 Å². The van der Waals surface area contributed by atoms with E-state index in [9.17, 15) is 9.59 Å². The Morgan fingerprint density at radius 3 is 2.53 bits per heavy atom. The van der Waals surface area contributed by atoms with Gasteiger partial charge in [0.05, 0.1) is 13.5 Å². The van der Waals surface area contributed by atoms with E-state index < -0.39 is 5.97 Å². The van der Waals surface area contributed by atoms with Crippen molar-refractivity contribution in [1.82, 2.24) is 4.98 Å². The summed E-state index contributed by atoms with van der Waals surface area (Å²) >= 11 is 6.17.